The van der Waals surface area contributed by atoms with Crippen LogP contribution < -0.4 is 5.32 Å². The van der Waals surface area contributed by atoms with Crippen LogP contribution in [0.3, 0.4) is 0 Å². The van der Waals surface area contributed by atoms with Gasteiger partial charge in [0.1, 0.15) is 0 Å². The van der Waals surface area contributed by atoms with Gasteiger partial charge in [-0.25, -0.2) is 0 Å². The molecule has 0 aromatic carbocycles. The number of carbonyl (C=O) groups excluding carboxylic acids is 2. The minimum absolute atomic E-state index is 0.0202. The lowest BCUT2D eigenvalue weighted by Crippen LogP contribution is -2.45. The van der Waals surface area contributed by atoms with E-state index in [9.17, 15) is 19.8 Å². The predicted molar refractivity (Wildman–Crippen MR) is 343 cm³/mol. The molecule has 0 aliphatic heterocycles. The minimum Gasteiger partial charge on any atom is -0.466 e. The molecule has 0 spiro atoms. The Bertz CT molecular complexity index is 1180. The highest BCUT2D eigenvalue weighted by atomic mass is 16.5. The normalized spacial score (nSPS) is 12.5. The van der Waals surface area contributed by atoms with E-state index < -0.39 is 12.1 Å². The van der Waals surface area contributed by atoms with Crippen molar-refractivity contribution in [1.82, 2.24) is 5.32 Å². The number of carbonyl (C=O) groups is 2. The summed E-state index contributed by atoms with van der Waals surface area (Å²) < 4.78 is 5.51. The number of aliphatic hydroxyl groups is 2. The van der Waals surface area contributed by atoms with Gasteiger partial charge >= 0.3 is 5.97 Å². The highest BCUT2D eigenvalue weighted by molar-refractivity contribution is 5.76. The number of rotatable bonds is 68. The van der Waals surface area contributed by atoms with Gasteiger partial charge in [0.2, 0.25) is 5.91 Å². The SMILES string of the molecule is CCCCCCCCCCCCCCCCCCCCCC(=O)OCCCCCCCCCCCCCC/C=C\CCCCCCCCCCCCC(=O)NC(CO)C(O)CCCCCCCCCCCCCCCCCC. The van der Waals surface area contributed by atoms with E-state index >= 15 is 0 Å². The van der Waals surface area contributed by atoms with E-state index in [1.165, 1.54) is 340 Å². The van der Waals surface area contributed by atoms with Crippen molar-refractivity contribution in [1.29, 1.82) is 0 Å². The Hall–Kier alpha value is -1.40. The van der Waals surface area contributed by atoms with Gasteiger partial charge in [-0.15, -0.1) is 0 Å². The van der Waals surface area contributed by atoms with E-state index in [0.717, 1.165) is 38.5 Å². The van der Waals surface area contributed by atoms with Crippen molar-refractivity contribution in [2.24, 2.45) is 0 Å². The van der Waals surface area contributed by atoms with E-state index in [-0.39, 0.29) is 18.5 Å². The lowest BCUT2D eigenvalue weighted by molar-refractivity contribution is -0.143. The van der Waals surface area contributed by atoms with Gasteiger partial charge in [0, 0.05) is 12.8 Å². The molecule has 0 saturated carbocycles. The number of hydrogen-bond donors (Lipinski definition) is 3. The molecule has 0 rings (SSSR count). The summed E-state index contributed by atoms with van der Waals surface area (Å²) in [6.07, 6.45) is 84.1. The zero-order valence-electron chi connectivity index (χ0n) is 53.2. The zero-order valence-corrected chi connectivity index (χ0v) is 53.2. The van der Waals surface area contributed by atoms with Crippen LogP contribution in [0.4, 0.5) is 0 Å². The summed E-state index contributed by atoms with van der Waals surface area (Å²) in [5, 5.41) is 23.3. The van der Waals surface area contributed by atoms with Crippen molar-refractivity contribution in [3.63, 3.8) is 0 Å². The molecular formula is C72H141NO5. The fourth-order valence-electron chi connectivity index (χ4n) is 11.6. The quantitative estimate of drug-likeness (QED) is 0.0320. The topological polar surface area (TPSA) is 95.9 Å². The van der Waals surface area contributed by atoms with Crippen LogP contribution in [0, 0.1) is 0 Å². The number of esters is 1. The summed E-state index contributed by atoms with van der Waals surface area (Å²) in [6.45, 7) is 5.00. The molecule has 3 N–H and O–H groups in total. The first-order valence-electron chi connectivity index (χ1n) is 35.9. The summed E-state index contributed by atoms with van der Waals surface area (Å²) >= 11 is 0. The number of aliphatic hydroxyl groups excluding tert-OH is 2. The van der Waals surface area contributed by atoms with Gasteiger partial charge in [-0.1, -0.05) is 360 Å². The van der Waals surface area contributed by atoms with Crippen LogP contribution in [0.1, 0.15) is 412 Å². The molecule has 2 atom stereocenters. The Balaban J connectivity index is 3.35. The number of nitrogens with one attached hydrogen (secondary N) is 1. The van der Waals surface area contributed by atoms with Gasteiger partial charge in [0.05, 0.1) is 25.4 Å². The van der Waals surface area contributed by atoms with Crippen LogP contribution in [0.2, 0.25) is 0 Å². The molecule has 1 amide bonds. The molecule has 0 bridgehead atoms. The standard InChI is InChI=1S/C72H141NO5/c1-3-5-7-9-11-13-15-17-19-21-30-34-38-42-46-50-54-58-62-66-72(77)78-67-63-59-55-51-47-43-39-35-32-29-27-25-23-22-24-26-28-31-33-37-41-45-49-53-57-61-65-71(76)73-69(68-74)70(75)64-60-56-52-48-44-40-36-20-18-16-14-12-10-8-6-4-2/h22,24,69-70,74-75H,3-21,23,25-68H2,1-2H3,(H,73,76)/b24-22-. The third-order valence-corrected chi connectivity index (χ3v) is 17.1. The first kappa shape index (κ1) is 76.6. The third kappa shape index (κ3) is 63.8. The number of amides is 1. The summed E-state index contributed by atoms with van der Waals surface area (Å²) in [5.41, 5.74) is 0. The van der Waals surface area contributed by atoms with Gasteiger partial charge in [0.15, 0.2) is 0 Å². The van der Waals surface area contributed by atoms with Crippen molar-refractivity contribution in [3.8, 4) is 0 Å². The van der Waals surface area contributed by atoms with Gasteiger partial charge in [-0.05, 0) is 51.4 Å². The van der Waals surface area contributed by atoms with Crippen LogP contribution in [0.5, 0.6) is 0 Å². The Morgan fingerprint density at radius 1 is 0.346 bits per heavy atom. The van der Waals surface area contributed by atoms with E-state index in [1.54, 1.807) is 0 Å². The van der Waals surface area contributed by atoms with Gasteiger partial charge in [-0.2, -0.15) is 0 Å². The first-order chi connectivity index (χ1) is 38.5. The second-order valence-electron chi connectivity index (χ2n) is 24.9. The van der Waals surface area contributed by atoms with Crippen LogP contribution in [-0.2, 0) is 14.3 Å². The molecule has 6 heteroatoms. The smallest absolute Gasteiger partial charge is 0.305 e. The number of allylic oxidation sites excluding steroid dienone is 2. The minimum atomic E-state index is -0.665. The average molecular weight is 1100 g/mol. The maximum Gasteiger partial charge on any atom is 0.305 e. The summed E-state index contributed by atoms with van der Waals surface area (Å²) in [4.78, 5) is 24.6. The maximum atomic E-state index is 12.5. The van der Waals surface area contributed by atoms with Crippen molar-refractivity contribution in [2.45, 2.75) is 424 Å². The predicted octanol–water partition coefficient (Wildman–Crippen LogP) is 23.1. The molecule has 464 valence electrons. The summed E-state index contributed by atoms with van der Waals surface area (Å²) in [6, 6.07) is -0.542. The largest absolute Gasteiger partial charge is 0.466 e. The number of unbranched alkanes of at least 4 members (excludes halogenated alkanes) is 55. The van der Waals surface area contributed by atoms with Crippen LogP contribution in [0.15, 0.2) is 12.2 Å². The van der Waals surface area contributed by atoms with Crippen LogP contribution in [0.25, 0.3) is 0 Å². The Kier molecular flexibility index (Phi) is 66.9. The molecule has 0 radical (unpaired) electrons. The molecule has 0 fully saturated rings. The van der Waals surface area contributed by atoms with E-state index in [4.69, 9.17) is 4.74 Å². The van der Waals surface area contributed by atoms with E-state index in [2.05, 4.69) is 31.3 Å². The first-order valence-corrected chi connectivity index (χ1v) is 35.9. The monoisotopic (exact) mass is 1100 g/mol. The molecular weight excluding hydrogens is 959 g/mol. The zero-order chi connectivity index (χ0) is 56.4. The van der Waals surface area contributed by atoms with Gasteiger partial charge < -0.3 is 20.3 Å². The van der Waals surface area contributed by atoms with Crippen molar-refractivity contribution in [2.75, 3.05) is 13.2 Å². The number of hydrogen-bond acceptors (Lipinski definition) is 5. The lowest BCUT2D eigenvalue weighted by Gasteiger charge is -2.22. The average Bonchev–Trinajstić information content (AvgIpc) is 3.44. The molecule has 6 nitrogen and oxygen atoms in total. The molecule has 0 saturated heterocycles. The second kappa shape index (κ2) is 68.1. The second-order valence-corrected chi connectivity index (χ2v) is 24.9. The fraction of sp³-hybridized carbons (Fsp3) is 0.944. The van der Waals surface area contributed by atoms with Crippen molar-refractivity contribution >= 4 is 11.9 Å². The molecule has 0 aliphatic carbocycles. The molecule has 0 aromatic heterocycles. The van der Waals surface area contributed by atoms with E-state index in [0.29, 0.717) is 25.9 Å². The van der Waals surface area contributed by atoms with Gasteiger partial charge in [0.25, 0.3) is 0 Å². The van der Waals surface area contributed by atoms with Crippen LogP contribution in [-0.4, -0.2) is 47.4 Å². The van der Waals surface area contributed by atoms with Crippen LogP contribution >= 0.6 is 0 Å². The molecule has 0 heterocycles. The molecule has 0 aromatic rings. The summed E-state index contributed by atoms with van der Waals surface area (Å²) in [7, 11) is 0. The summed E-state index contributed by atoms with van der Waals surface area (Å²) in [5.74, 6) is -0.0129. The molecule has 2 unspecified atom stereocenters. The van der Waals surface area contributed by atoms with Gasteiger partial charge in [-0.3, -0.25) is 9.59 Å². The third-order valence-electron chi connectivity index (χ3n) is 17.1. The van der Waals surface area contributed by atoms with Crippen molar-refractivity contribution in [3.05, 3.63) is 12.2 Å². The molecule has 0 aliphatic rings. The highest BCUT2D eigenvalue weighted by Gasteiger charge is 2.20. The molecule has 78 heavy (non-hydrogen) atoms. The number of ether oxygens (including phenoxy) is 1. The van der Waals surface area contributed by atoms with Crippen molar-refractivity contribution < 1.29 is 24.5 Å². The Morgan fingerprint density at radius 3 is 0.910 bits per heavy atom. The lowest BCUT2D eigenvalue weighted by atomic mass is 10.0. The Morgan fingerprint density at radius 2 is 0.603 bits per heavy atom. The fourth-order valence-corrected chi connectivity index (χ4v) is 11.6. The Labute approximate surface area is 489 Å². The van der Waals surface area contributed by atoms with E-state index in [1.807, 2.05) is 0 Å². The maximum absolute atomic E-state index is 12.5. The highest BCUT2D eigenvalue weighted by Crippen LogP contribution is 2.19.